The van der Waals surface area contributed by atoms with Gasteiger partial charge in [-0.1, -0.05) is 18.2 Å². The third-order valence-corrected chi connectivity index (χ3v) is 3.54. The molecule has 0 unspecified atom stereocenters. The molecule has 2 N–H and O–H groups in total. The van der Waals surface area contributed by atoms with Crippen molar-refractivity contribution in [2.45, 2.75) is 0 Å². The molecule has 0 saturated carbocycles. The second-order valence-electron chi connectivity index (χ2n) is 4.20. The minimum atomic E-state index is -0.478. The summed E-state index contributed by atoms with van der Waals surface area (Å²) in [5, 5.41) is 14.7. The summed E-state index contributed by atoms with van der Waals surface area (Å²) >= 11 is 1.54. The third-order valence-electron chi connectivity index (χ3n) is 2.83. The molecule has 3 aromatic rings. The average molecular weight is 298 g/mol. The van der Waals surface area contributed by atoms with Crippen LogP contribution in [0.25, 0.3) is 10.8 Å². The topological polar surface area (TPSA) is 87.2 Å². The molecule has 6 nitrogen and oxygen atoms in total. The van der Waals surface area contributed by atoms with E-state index in [4.69, 9.17) is 0 Å². The van der Waals surface area contributed by atoms with Gasteiger partial charge in [0.05, 0.1) is 11.6 Å². The van der Waals surface area contributed by atoms with E-state index in [9.17, 15) is 9.59 Å². The summed E-state index contributed by atoms with van der Waals surface area (Å²) in [5.74, 6) is -0.478. The summed E-state index contributed by atoms with van der Waals surface area (Å²) in [7, 11) is 0. The van der Waals surface area contributed by atoms with Crippen molar-refractivity contribution in [3.05, 3.63) is 62.7 Å². The Morgan fingerprint density at radius 3 is 2.86 bits per heavy atom. The number of carbonyl (C=O) groups is 1. The second kappa shape index (κ2) is 5.68. The average Bonchev–Trinajstić information content (AvgIpc) is 3.01. The fraction of sp³-hybridized carbons (Fsp3) is 0. The van der Waals surface area contributed by atoms with Crippen LogP contribution in [0.2, 0.25) is 0 Å². The van der Waals surface area contributed by atoms with Crippen molar-refractivity contribution < 1.29 is 4.79 Å². The molecule has 7 heteroatoms. The van der Waals surface area contributed by atoms with E-state index in [0.29, 0.717) is 10.8 Å². The molecule has 0 bridgehead atoms. The van der Waals surface area contributed by atoms with Gasteiger partial charge in [0, 0.05) is 10.9 Å². The quantitative estimate of drug-likeness (QED) is 0.570. The lowest BCUT2D eigenvalue weighted by atomic mass is 10.1. The number of aromatic amines is 1. The highest BCUT2D eigenvalue weighted by atomic mass is 32.1. The number of nitrogens with one attached hydrogen (secondary N) is 2. The van der Waals surface area contributed by atoms with Gasteiger partial charge in [-0.2, -0.15) is 21.5 Å². The van der Waals surface area contributed by atoms with E-state index in [1.54, 1.807) is 41.8 Å². The first kappa shape index (κ1) is 13.2. The van der Waals surface area contributed by atoms with Crippen LogP contribution in [0, 0.1) is 0 Å². The highest BCUT2D eigenvalue weighted by molar-refractivity contribution is 7.08. The van der Waals surface area contributed by atoms with Crippen LogP contribution in [-0.4, -0.2) is 22.3 Å². The first-order valence-corrected chi connectivity index (χ1v) is 7.03. The Kier molecular flexibility index (Phi) is 3.57. The predicted octanol–water partition coefficient (Wildman–Crippen LogP) is 1.75. The van der Waals surface area contributed by atoms with Crippen molar-refractivity contribution in [2.75, 3.05) is 0 Å². The lowest BCUT2D eigenvalue weighted by molar-refractivity contribution is 0.0951. The number of fused-ring (bicyclic) bond motifs is 1. The van der Waals surface area contributed by atoms with E-state index in [1.807, 2.05) is 16.8 Å². The molecule has 0 aliphatic carbocycles. The summed E-state index contributed by atoms with van der Waals surface area (Å²) in [6.45, 7) is 0. The van der Waals surface area contributed by atoms with Gasteiger partial charge in [0.25, 0.3) is 11.5 Å². The Balaban J connectivity index is 1.88. The molecule has 1 aromatic carbocycles. The van der Waals surface area contributed by atoms with Crippen LogP contribution in [-0.2, 0) is 0 Å². The Bertz CT molecular complexity index is 868. The van der Waals surface area contributed by atoms with Crippen LogP contribution >= 0.6 is 11.3 Å². The molecule has 0 atom stereocenters. The number of H-pyrrole nitrogens is 1. The lowest BCUT2D eigenvalue weighted by Gasteiger charge is -2.02. The maximum atomic E-state index is 12.1. The Hall–Kier alpha value is -2.80. The number of hydrogen-bond acceptors (Lipinski definition) is 5. The van der Waals surface area contributed by atoms with Crippen LogP contribution in [0.1, 0.15) is 16.1 Å². The molecular formula is C14H10N4O2S. The van der Waals surface area contributed by atoms with Crippen LogP contribution in [0.5, 0.6) is 0 Å². The fourth-order valence-corrected chi connectivity index (χ4v) is 2.47. The van der Waals surface area contributed by atoms with Crippen molar-refractivity contribution >= 4 is 34.2 Å². The number of nitrogens with zero attached hydrogens (tertiary/aromatic N) is 2. The van der Waals surface area contributed by atoms with E-state index in [-0.39, 0.29) is 11.3 Å². The summed E-state index contributed by atoms with van der Waals surface area (Å²) in [6, 6.07) is 8.67. The minimum Gasteiger partial charge on any atom is -0.267 e. The van der Waals surface area contributed by atoms with Gasteiger partial charge in [0.15, 0.2) is 5.69 Å². The summed E-state index contributed by atoms with van der Waals surface area (Å²) < 4.78 is 0. The zero-order chi connectivity index (χ0) is 14.7. The Morgan fingerprint density at radius 1 is 1.29 bits per heavy atom. The Labute approximate surface area is 123 Å². The first-order valence-electron chi connectivity index (χ1n) is 6.09. The third kappa shape index (κ3) is 2.72. The van der Waals surface area contributed by atoms with Crippen molar-refractivity contribution in [1.29, 1.82) is 0 Å². The van der Waals surface area contributed by atoms with Gasteiger partial charge in [0.1, 0.15) is 0 Å². The van der Waals surface area contributed by atoms with Gasteiger partial charge in [-0.15, -0.1) is 0 Å². The van der Waals surface area contributed by atoms with Crippen molar-refractivity contribution in [3.63, 3.8) is 0 Å². The molecule has 0 saturated heterocycles. The highest BCUT2D eigenvalue weighted by Crippen LogP contribution is 2.12. The summed E-state index contributed by atoms with van der Waals surface area (Å²) in [6.07, 6.45) is 1.54. The standard InChI is InChI=1S/C14H10N4O2S/c19-13-11-4-2-1-3-10(11)12(16-18-13)14(20)17-15-7-9-5-6-21-8-9/h1-8H,(H,17,20)(H,18,19)/b15-7-. The highest BCUT2D eigenvalue weighted by Gasteiger charge is 2.12. The van der Waals surface area contributed by atoms with Gasteiger partial charge in [-0.25, -0.2) is 10.5 Å². The van der Waals surface area contributed by atoms with Gasteiger partial charge >= 0.3 is 0 Å². The number of hydrogen-bond donors (Lipinski definition) is 2. The van der Waals surface area contributed by atoms with E-state index in [1.165, 1.54) is 0 Å². The molecule has 21 heavy (non-hydrogen) atoms. The van der Waals surface area contributed by atoms with E-state index < -0.39 is 5.91 Å². The summed E-state index contributed by atoms with van der Waals surface area (Å²) in [5.41, 5.74) is 3.10. The second-order valence-corrected chi connectivity index (χ2v) is 4.98. The van der Waals surface area contributed by atoms with Crippen LogP contribution in [0.3, 0.4) is 0 Å². The smallest absolute Gasteiger partial charge is 0.267 e. The summed E-state index contributed by atoms with van der Waals surface area (Å²) in [4.78, 5) is 23.7. The number of thiophene rings is 1. The molecule has 0 spiro atoms. The molecule has 104 valence electrons. The zero-order valence-corrected chi connectivity index (χ0v) is 11.6. The number of amides is 1. The zero-order valence-electron chi connectivity index (χ0n) is 10.7. The molecule has 3 rings (SSSR count). The van der Waals surface area contributed by atoms with Crippen LogP contribution < -0.4 is 11.0 Å². The van der Waals surface area contributed by atoms with Crippen LogP contribution in [0.4, 0.5) is 0 Å². The molecule has 1 amide bonds. The van der Waals surface area contributed by atoms with Gasteiger partial charge in [-0.3, -0.25) is 9.59 Å². The molecule has 0 aliphatic rings. The van der Waals surface area contributed by atoms with Crippen molar-refractivity contribution in [3.8, 4) is 0 Å². The van der Waals surface area contributed by atoms with E-state index in [2.05, 4.69) is 20.7 Å². The molecule has 2 aromatic heterocycles. The van der Waals surface area contributed by atoms with Crippen molar-refractivity contribution in [2.24, 2.45) is 5.10 Å². The number of hydrazone groups is 1. The SMILES string of the molecule is O=C(N/N=C\c1ccsc1)c1n[nH]c(=O)c2ccccc12. The molecule has 2 heterocycles. The van der Waals surface area contributed by atoms with Gasteiger partial charge < -0.3 is 0 Å². The van der Waals surface area contributed by atoms with Gasteiger partial charge in [-0.05, 0) is 22.9 Å². The monoisotopic (exact) mass is 298 g/mol. The van der Waals surface area contributed by atoms with Crippen LogP contribution in [0.15, 0.2) is 51.0 Å². The maximum absolute atomic E-state index is 12.1. The number of benzene rings is 1. The van der Waals surface area contributed by atoms with E-state index >= 15 is 0 Å². The maximum Gasteiger partial charge on any atom is 0.292 e. The lowest BCUT2D eigenvalue weighted by Crippen LogP contribution is -2.22. The number of aromatic nitrogens is 2. The minimum absolute atomic E-state index is 0.132. The van der Waals surface area contributed by atoms with Gasteiger partial charge in [0.2, 0.25) is 0 Å². The largest absolute Gasteiger partial charge is 0.292 e. The fourth-order valence-electron chi connectivity index (χ4n) is 1.85. The Morgan fingerprint density at radius 2 is 2.10 bits per heavy atom. The molecule has 0 radical (unpaired) electrons. The van der Waals surface area contributed by atoms with Crippen molar-refractivity contribution in [1.82, 2.24) is 15.6 Å². The number of carbonyl (C=O) groups excluding carboxylic acids is 1. The molecule has 0 fully saturated rings. The molecular weight excluding hydrogens is 288 g/mol. The predicted molar refractivity (Wildman–Crippen MR) is 81.7 cm³/mol. The van der Waals surface area contributed by atoms with E-state index in [0.717, 1.165) is 5.56 Å². The first-order chi connectivity index (χ1) is 10.3. The number of rotatable bonds is 3. The normalized spacial score (nSPS) is 11.0. The molecule has 0 aliphatic heterocycles.